The number of carbonyl (C=O) groups is 2. The highest BCUT2D eigenvalue weighted by Gasteiger charge is 2.34. The topological polar surface area (TPSA) is 96.0 Å². The van der Waals surface area contributed by atoms with Gasteiger partial charge in [-0.1, -0.05) is 59.6 Å². The van der Waals surface area contributed by atoms with E-state index in [4.69, 9.17) is 16.3 Å². The average Bonchev–Trinajstić information content (AvgIpc) is 2.90. The number of hydrogen-bond acceptors (Lipinski definition) is 5. The minimum absolute atomic E-state index is 0.00274. The van der Waals surface area contributed by atoms with E-state index in [0.29, 0.717) is 22.9 Å². The van der Waals surface area contributed by atoms with Crippen LogP contribution >= 0.6 is 11.6 Å². The molecule has 2 amide bonds. The van der Waals surface area contributed by atoms with Gasteiger partial charge in [-0.2, -0.15) is 0 Å². The van der Waals surface area contributed by atoms with Crippen LogP contribution in [0.2, 0.25) is 5.02 Å². The third-order valence-corrected chi connectivity index (χ3v) is 8.43. The van der Waals surface area contributed by atoms with Gasteiger partial charge in [-0.15, -0.1) is 0 Å². The van der Waals surface area contributed by atoms with Gasteiger partial charge in [-0.25, -0.2) is 8.42 Å². The van der Waals surface area contributed by atoms with E-state index in [2.05, 4.69) is 5.32 Å². The van der Waals surface area contributed by atoms with Crippen molar-refractivity contribution < 1.29 is 22.7 Å². The second-order valence-corrected chi connectivity index (χ2v) is 13.0. The molecule has 0 aliphatic rings. The first kappa shape index (κ1) is 32.0. The average molecular weight is 600 g/mol. The smallest absolute Gasteiger partial charge is 0.264 e. The second kappa shape index (κ2) is 13.4. The molecule has 3 aromatic rings. The summed E-state index contributed by atoms with van der Waals surface area (Å²) in [6, 6.07) is 19.2. The standard InChI is InChI=1S/C31H38ClN3O5S/c1-7-40-28-15-11-10-14-27(28)35(41(38,39)25-18-16-22(2)17-19-25)21-29(36)34(20-24-12-8-9-13-26(24)32)23(3)30(37)33-31(4,5)6/h8-19,23H,7,20-21H2,1-6H3,(H,33,37). The third-order valence-electron chi connectivity index (χ3n) is 6.29. The number of nitrogens with zero attached hydrogens (tertiary/aromatic N) is 2. The molecule has 0 bridgehead atoms. The molecule has 10 heteroatoms. The van der Waals surface area contributed by atoms with Crippen LogP contribution in [-0.4, -0.2) is 49.9 Å². The molecule has 3 aromatic carbocycles. The van der Waals surface area contributed by atoms with E-state index >= 15 is 0 Å². The fraction of sp³-hybridized carbons (Fsp3) is 0.355. The van der Waals surface area contributed by atoms with Gasteiger partial charge in [0, 0.05) is 17.1 Å². The molecule has 41 heavy (non-hydrogen) atoms. The van der Waals surface area contributed by atoms with Gasteiger partial charge in [0.05, 0.1) is 17.2 Å². The first-order valence-electron chi connectivity index (χ1n) is 13.4. The van der Waals surface area contributed by atoms with Crippen LogP contribution in [0.25, 0.3) is 0 Å². The monoisotopic (exact) mass is 599 g/mol. The van der Waals surface area contributed by atoms with Crippen molar-refractivity contribution in [3.63, 3.8) is 0 Å². The Hall–Kier alpha value is -3.56. The van der Waals surface area contributed by atoms with Crippen LogP contribution < -0.4 is 14.4 Å². The van der Waals surface area contributed by atoms with Crippen molar-refractivity contribution >= 4 is 39.1 Å². The number of ether oxygens (including phenoxy) is 1. The molecule has 1 atom stereocenters. The van der Waals surface area contributed by atoms with Gasteiger partial charge in [0.1, 0.15) is 18.3 Å². The zero-order valence-corrected chi connectivity index (χ0v) is 25.9. The molecule has 0 spiro atoms. The molecule has 8 nitrogen and oxygen atoms in total. The van der Waals surface area contributed by atoms with Gasteiger partial charge in [0.25, 0.3) is 10.0 Å². The van der Waals surface area contributed by atoms with Crippen molar-refractivity contribution in [2.45, 2.75) is 64.6 Å². The normalized spacial score (nSPS) is 12.4. The number of hydrogen-bond donors (Lipinski definition) is 1. The van der Waals surface area contributed by atoms with E-state index in [1.807, 2.05) is 27.7 Å². The number of nitrogens with one attached hydrogen (secondary N) is 1. The number of amides is 2. The van der Waals surface area contributed by atoms with Crippen LogP contribution in [0.5, 0.6) is 5.75 Å². The van der Waals surface area contributed by atoms with E-state index in [-0.39, 0.29) is 23.0 Å². The number of benzene rings is 3. The van der Waals surface area contributed by atoms with Gasteiger partial charge in [0.2, 0.25) is 11.8 Å². The van der Waals surface area contributed by atoms with Crippen molar-refractivity contribution in [1.82, 2.24) is 10.2 Å². The quantitative estimate of drug-likeness (QED) is 0.311. The number of sulfonamides is 1. The van der Waals surface area contributed by atoms with Gasteiger partial charge in [-0.3, -0.25) is 13.9 Å². The molecule has 0 heterocycles. The first-order chi connectivity index (χ1) is 19.2. The number of aryl methyl sites for hydroxylation is 1. The Balaban J connectivity index is 2.10. The first-order valence-corrected chi connectivity index (χ1v) is 15.2. The Morgan fingerprint density at radius 2 is 1.59 bits per heavy atom. The molecule has 0 aromatic heterocycles. The van der Waals surface area contributed by atoms with Crippen LogP contribution in [0.3, 0.4) is 0 Å². The Kier molecular flexibility index (Phi) is 10.4. The molecule has 0 aliphatic carbocycles. The molecule has 0 aliphatic heterocycles. The van der Waals surface area contributed by atoms with Crippen molar-refractivity contribution in [3.05, 3.63) is 88.9 Å². The maximum atomic E-state index is 14.1. The second-order valence-electron chi connectivity index (χ2n) is 10.8. The SMILES string of the molecule is CCOc1ccccc1N(CC(=O)N(Cc1ccccc1Cl)C(C)C(=O)NC(C)(C)C)S(=O)(=O)c1ccc(C)cc1. The summed E-state index contributed by atoms with van der Waals surface area (Å²) in [5.41, 5.74) is 1.20. The van der Waals surface area contributed by atoms with Crippen LogP contribution in [-0.2, 0) is 26.2 Å². The van der Waals surface area contributed by atoms with Crippen molar-refractivity contribution in [3.8, 4) is 5.75 Å². The molecule has 1 N–H and O–H groups in total. The molecule has 0 saturated carbocycles. The highest BCUT2D eigenvalue weighted by molar-refractivity contribution is 7.92. The Labute approximate surface area is 248 Å². The lowest BCUT2D eigenvalue weighted by molar-refractivity contribution is -0.140. The summed E-state index contributed by atoms with van der Waals surface area (Å²) in [6.45, 7) is 10.5. The van der Waals surface area contributed by atoms with Gasteiger partial charge >= 0.3 is 0 Å². The molecule has 0 saturated heterocycles. The predicted molar refractivity (Wildman–Crippen MR) is 163 cm³/mol. The molecule has 0 radical (unpaired) electrons. The molecule has 220 valence electrons. The van der Waals surface area contributed by atoms with E-state index in [0.717, 1.165) is 9.87 Å². The van der Waals surface area contributed by atoms with Crippen LogP contribution in [0, 0.1) is 6.92 Å². The number of rotatable bonds is 11. The number of halogens is 1. The lowest BCUT2D eigenvalue weighted by Gasteiger charge is -2.34. The van der Waals surface area contributed by atoms with E-state index in [1.165, 1.54) is 17.0 Å². The number of carbonyl (C=O) groups excluding carboxylic acids is 2. The Morgan fingerprint density at radius 3 is 2.20 bits per heavy atom. The number of anilines is 1. The van der Waals surface area contributed by atoms with Crippen LogP contribution in [0.1, 0.15) is 45.7 Å². The summed E-state index contributed by atoms with van der Waals surface area (Å²) >= 11 is 6.42. The Morgan fingerprint density at radius 1 is 0.976 bits per heavy atom. The van der Waals surface area contributed by atoms with Gasteiger partial charge in [-0.05, 0) is 77.4 Å². The van der Waals surface area contributed by atoms with E-state index in [9.17, 15) is 18.0 Å². The third kappa shape index (κ3) is 8.24. The van der Waals surface area contributed by atoms with Gasteiger partial charge < -0.3 is 15.0 Å². The summed E-state index contributed by atoms with van der Waals surface area (Å²) in [7, 11) is -4.22. The van der Waals surface area contributed by atoms with Crippen molar-refractivity contribution in [1.29, 1.82) is 0 Å². The number of para-hydroxylation sites is 2. The summed E-state index contributed by atoms with van der Waals surface area (Å²) < 4.78 is 34.9. The van der Waals surface area contributed by atoms with E-state index in [1.54, 1.807) is 74.5 Å². The fourth-order valence-electron chi connectivity index (χ4n) is 4.16. The summed E-state index contributed by atoms with van der Waals surface area (Å²) in [4.78, 5) is 28.7. The van der Waals surface area contributed by atoms with Gasteiger partial charge in [0.15, 0.2) is 0 Å². The summed E-state index contributed by atoms with van der Waals surface area (Å²) in [6.07, 6.45) is 0. The largest absolute Gasteiger partial charge is 0.492 e. The fourth-order valence-corrected chi connectivity index (χ4v) is 5.78. The highest BCUT2D eigenvalue weighted by atomic mass is 35.5. The van der Waals surface area contributed by atoms with E-state index < -0.39 is 34.1 Å². The minimum Gasteiger partial charge on any atom is -0.492 e. The Bertz CT molecular complexity index is 1470. The zero-order chi connectivity index (χ0) is 30.4. The van der Waals surface area contributed by atoms with Crippen molar-refractivity contribution in [2.24, 2.45) is 0 Å². The highest BCUT2D eigenvalue weighted by Crippen LogP contribution is 2.33. The zero-order valence-electron chi connectivity index (χ0n) is 24.3. The molecular formula is C31H38ClN3O5S. The van der Waals surface area contributed by atoms with Crippen molar-refractivity contribution in [2.75, 3.05) is 17.5 Å². The minimum atomic E-state index is -4.22. The maximum absolute atomic E-state index is 14.1. The lowest BCUT2D eigenvalue weighted by Crippen LogP contribution is -2.54. The molecular weight excluding hydrogens is 562 g/mol. The lowest BCUT2D eigenvalue weighted by atomic mass is 10.1. The van der Waals surface area contributed by atoms with Crippen LogP contribution in [0.15, 0.2) is 77.7 Å². The van der Waals surface area contributed by atoms with Crippen LogP contribution in [0.4, 0.5) is 5.69 Å². The summed E-state index contributed by atoms with van der Waals surface area (Å²) in [5.74, 6) is -0.640. The summed E-state index contributed by atoms with van der Waals surface area (Å²) in [5, 5.41) is 3.34. The molecule has 3 rings (SSSR count). The molecule has 1 unspecified atom stereocenters. The maximum Gasteiger partial charge on any atom is 0.264 e. The molecule has 0 fully saturated rings. The predicted octanol–water partition coefficient (Wildman–Crippen LogP) is 5.57.